The van der Waals surface area contributed by atoms with E-state index in [0.717, 1.165) is 0 Å². The first-order chi connectivity index (χ1) is 5.08. The molecule has 68 valence electrons. The molecule has 0 heterocycles. The molecule has 2 N–H and O–H groups in total. The van der Waals surface area contributed by atoms with Crippen molar-refractivity contribution in [2.24, 2.45) is 0 Å². The second-order valence-electron chi connectivity index (χ2n) is 1.96. The lowest BCUT2D eigenvalue weighted by Crippen LogP contribution is -2.03. The lowest BCUT2D eigenvalue weighted by molar-refractivity contribution is -0.140. The molecule has 0 rings (SSSR count). The Morgan fingerprint density at radius 1 is 1.64 bits per heavy atom. The number of rotatable bonds is 2. The highest BCUT2D eigenvalue weighted by Gasteiger charge is 1.87. The molecule has 0 fully saturated rings. The SMILES string of the molecule is CC(O)CO.CCC(=O)OC. The molecule has 4 nitrogen and oxygen atoms in total. The Labute approximate surface area is 66.8 Å². The molecule has 0 bridgehead atoms. The van der Waals surface area contributed by atoms with Gasteiger partial charge in [0.05, 0.1) is 19.8 Å². The third-order valence-corrected chi connectivity index (χ3v) is 0.781. The number of aliphatic hydroxyl groups is 2. The van der Waals surface area contributed by atoms with E-state index in [9.17, 15) is 4.79 Å². The zero-order valence-electron chi connectivity index (χ0n) is 7.20. The number of hydrogen-bond acceptors (Lipinski definition) is 4. The molecule has 0 saturated carbocycles. The predicted octanol–water partition coefficient (Wildman–Crippen LogP) is -0.0711. The first kappa shape index (κ1) is 13.0. The molecule has 0 saturated heterocycles. The van der Waals surface area contributed by atoms with Crippen LogP contribution in [0.3, 0.4) is 0 Å². The Morgan fingerprint density at radius 3 is 2.00 bits per heavy atom. The molecular weight excluding hydrogens is 148 g/mol. The lowest BCUT2D eigenvalue weighted by atomic mass is 10.5. The highest BCUT2D eigenvalue weighted by Crippen LogP contribution is 1.76. The third kappa shape index (κ3) is 17.7. The number of methoxy groups -OCH3 is 1. The minimum Gasteiger partial charge on any atom is -0.469 e. The van der Waals surface area contributed by atoms with Crippen molar-refractivity contribution in [3.63, 3.8) is 0 Å². The van der Waals surface area contributed by atoms with Crippen LogP contribution in [0, 0.1) is 0 Å². The second-order valence-corrected chi connectivity index (χ2v) is 1.96. The van der Waals surface area contributed by atoms with Gasteiger partial charge in [0.15, 0.2) is 0 Å². The van der Waals surface area contributed by atoms with E-state index in [1.165, 1.54) is 14.0 Å². The third-order valence-electron chi connectivity index (χ3n) is 0.781. The van der Waals surface area contributed by atoms with Gasteiger partial charge in [0.1, 0.15) is 0 Å². The van der Waals surface area contributed by atoms with Crippen LogP contribution in [0.1, 0.15) is 20.3 Å². The Morgan fingerprint density at radius 2 is 2.00 bits per heavy atom. The average Bonchev–Trinajstić information content (AvgIpc) is 2.04. The Hall–Kier alpha value is -0.610. The Kier molecular flexibility index (Phi) is 11.1. The van der Waals surface area contributed by atoms with Crippen LogP contribution in [0.2, 0.25) is 0 Å². The van der Waals surface area contributed by atoms with E-state index in [4.69, 9.17) is 10.2 Å². The molecule has 0 aromatic heterocycles. The van der Waals surface area contributed by atoms with Crippen molar-refractivity contribution in [2.45, 2.75) is 26.4 Å². The summed E-state index contributed by atoms with van der Waals surface area (Å²) < 4.78 is 4.26. The van der Waals surface area contributed by atoms with E-state index >= 15 is 0 Å². The minimum absolute atomic E-state index is 0.139. The van der Waals surface area contributed by atoms with Crippen LogP contribution in [0.15, 0.2) is 0 Å². The van der Waals surface area contributed by atoms with E-state index < -0.39 is 6.10 Å². The molecule has 0 aliphatic carbocycles. The van der Waals surface area contributed by atoms with Crippen LogP contribution in [-0.4, -0.2) is 36.0 Å². The van der Waals surface area contributed by atoms with Gasteiger partial charge in [-0.25, -0.2) is 0 Å². The standard InChI is InChI=1S/C4H8O2.C3H8O2/c1-3-4(5)6-2;1-3(5)2-4/h3H2,1-2H3;3-5H,2H2,1H3. The maximum atomic E-state index is 9.96. The summed E-state index contributed by atoms with van der Waals surface area (Å²) in [4.78, 5) is 9.96. The summed E-state index contributed by atoms with van der Waals surface area (Å²) >= 11 is 0. The van der Waals surface area contributed by atoms with Crippen molar-refractivity contribution in [1.29, 1.82) is 0 Å². The fraction of sp³-hybridized carbons (Fsp3) is 0.857. The van der Waals surface area contributed by atoms with Gasteiger partial charge < -0.3 is 14.9 Å². The summed E-state index contributed by atoms with van der Waals surface area (Å²) in [6.07, 6.45) is -0.0914. The second kappa shape index (κ2) is 9.39. The van der Waals surface area contributed by atoms with Crippen molar-refractivity contribution < 1.29 is 19.7 Å². The first-order valence-electron chi connectivity index (χ1n) is 3.44. The van der Waals surface area contributed by atoms with E-state index in [2.05, 4.69) is 4.74 Å². The lowest BCUT2D eigenvalue weighted by Gasteiger charge is -1.90. The van der Waals surface area contributed by atoms with Gasteiger partial charge in [-0.1, -0.05) is 6.92 Å². The predicted molar refractivity (Wildman–Crippen MR) is 41.1 cm³/mol. The molecular formula is C7H16O4. The van der Waals surface area contributed by atoms with Crippen LogP contribution >= 0.6 is 0 Å². The molecule has 0 aromatic rings. The van der Waals surface area contributed by atoms with Crippen LogP contribution in [0.4, 0.5) is 0 Å². The molecule has 1 atom stereocenters. The minimum atomic E-state index is -0.560. The molecule has 0 aliphatic rings. The van der Waals surface area contributed by atoms with Gasteiger partial charge >= 0.3 is 5.97 Å². The average molecular weight is 164 g/mol. The number of ether oxygens (including phenoxy) is 1. The van der Waals surface area contributed by atoms with Crippen LogP contribution < -0.4 is 0 Å². The number of esters is 1. The molecule has 4 heteroatoms. The number of hydrogen-bond donors (Lipinski definition) is 2. The monoisotopic (exact) mass is 164 g/mol. The molecule has 1 unspecified atom stereocenters. The fourth-order valence-electron chi connectivity index (χ4n) is 0.144. The van der Waals surface area contributed by atoms with Gasteiger partial charge in [-0.2, -0.15) is 0 Å². The van der Waals surface area contributed by atoms with Crippen LogP contribution in [0.25, 0.3) is 0 Å². The van der Waals surface area contributed by atoms with Crippen molar-refractivity contribution in [3.8, 4) is 0 Å². The molecule has 0 radical (unpaired) electrons. The van der Waals surface area contributed by atoms with Crippen LogP contribution in [0.5, 0.6) is 0 Å². The van der Waals surface area contributed by atoms with Crippen molar-refractivity contribution >= 4 is 5.97 Å². The number of aliphatic hydroxyl groups excluding tert-OH is 2. The highest BCUT2D eigenvalue weighted by molar-refractivity contribution is 5.68. The largest absolute Gasteiger partial charge is 0.469 e. The van der Waals surface area contributed by atoms with Gasteiger partial charge in [0.25, 0.3) is 0 Å². The normalized spacial score (nSPS) is 11.0. The summed E-state index contributed by atoms with van der Waals surface area (Å²) in [7, 11) is 1.38. The maximum Gasteiger partial charge on any atom is 0.305 e. The summed E-state index contributed by atoms with van der Waals surface area (Å²) in [5.74, 6) is -0.157. The van der Waals surface area contributed by atoms with E-state index in [-0.39, 0.29) is 12.6 Å². The summed E-state index contributed by atoms with van der Waals surface area (Å²) in [5.41, 5.74) is 0. The molecule has 0 aliphatic heterocycles. The van der Waals surface area contributed by atoms with Crippen molar-refractivity contribution in [3.05, 3.63) is 0 Å². The summed E-state index contributed by atoms with van der Waals surface area (Å²) in [6, 6.07) is 0. The molecule has 0 spiro atoms. The summed E-state index contributed by atoms with van der Waals surface area (Å²) in [6.45, 7) is 3.14. The zero-order valence-corrected chi connectivity index (χ0v) is 7.20. The summed E-state index contributed by atoms with van der Waals surface area (Å²) in [5, 5.41) is 16.0. The van der Waals surface area contributed by atoms with Gasteiger partial charge in [-0.3, -0.25) is 4.79 Å². The quantitative estimate of drug-likeness (QED) is 0.560. The van der Waals surface area contributed by atoms with Crippen molar-refractivity contribution in [1.82, 2.24) is 0 Å². The van der Waals surface area contributed by atoms with Crippen molar-refractivity contribution in [2.75, 3.05) is 13.7 Å². The van der Waals surface area contributed by atoms with Gasteiger partial charge in [-0.05, 0) is 6.92 Å². The van der Waals surface area contributed by atoms with Gasteiger partial charge in [0.2, 0.25) is 0 Å². The highest BCUT2D eigenvalue weighted by atomic mass is 16.5. The van der Waals surface area contributed by atoms with Gasteiger partial charge in [-0.15, -0.1) is 0 Å². The smallest absolute Gasteiger partial charge is 0.305 e. The molecule has 0 amide bonds. The topological polar surface area (TPSA) is 66.8 Å². The number of carbonyl (C=O) groups is 1. The Balaban J connectivity index is 0. The number of carbonyl (C=O) groups excluding carboxylic acids is 1. The van der Waals surface area contributed by atoms with Gasteiger partial charge in [0, 0.05) is 6.42 Å². The first-order valence-corrected chi connectivity index (χ1v) is 3.44. The van der Waals surface area contributed by atoms with Crippen LogP contribution in [-0.2, 0) is 9.53 Å². The van der Waals surface area contributed by atoms with E-state index in [1.54, 1.807) is 6.92 Å². The van der Waals surface area contributed by atoms with E-state index in [0.29, 0.717) is 6.42 Å². The zero-order chi connectivity index (χ0) is 9.28. The Bertz CT molecular complexity index is 84.4. The fourth-order valence-corrected chi connectivity index (χ4v) is 0.144. The van der Waals surface area contributed by atoms with E-state index in [1.807, 2.05) is 0 Å². The molecule has 11 heavy (non-hydrogen) atoms. The molecule has 0 aromatic carbocycles. The maximum absolute atomic E-state index is 9.96.